The lowest BCUT2D eigenvalue weighted by atomic mass is 9.97. The summed E-state index contributed by atoms with van der Waals surface area (Å²) in [5.74, 6) is -0.206. The third kappa shape index (κ3) is 2.51. The fraction of sp³-hybridized carbons (Fsp3) is 0.500. The van der Waals surface area contributed by atoms with E-state index in [-0.39, 0.29) is 18.2 Å². The first kappa shape index (κ1) is 12.9. The number of hydrogen-bond acceptors (Lipinski definition) is 3. The Bertz CT molecular complexity index is 366. The molecule has 4 heteroatoms. The molecule has 3 nitrogen and oxygen atoms in total. The van der Waals surface area contributed by atoms with E-state index in [1.54, 1.807) is 6.07 Å². The van der Waals surface area contributed by atoms with Gasteiger partial charge in [-0.1, -0.05) is 13.8 Å². The number of ether oxygens (including phenoxy) is 1. The fourth-order valence-electron chi connectivity index (χ4n) is 1.56. The maximum atomic E-state index is 13.7. The predicted octanol–water partition coefficient (Wildman–Crippen LogP) is 1.95. The van der Waals surface area contributed by atoms with Crippen molar-refractivity contribution in [2.75, 3.05) is 13.7 Å². The Morgan fingerprint density at radius 2 is 2.06 bits per heavy atom. The molecule has 0 bridgehead atoms. The summed E-state index contributed by atoms with van der Waals surface area (Å²) in [6, 6.07) is 3.17. The SMILES string of the molecule is COc1c(F)cc(C(C)C)cc1C(O)CN. The highest BCUT2D eigenvalue weighted by Gasteiger charge is 2.18. The van der Waals surface area contributed by atoms with Gasteiger partial charge in [-0.3, -0.25) is 0 Å². The van der Waals surface area contributed by atoms with E-state index in [1.165, 1.54) is 13.2 Å². The largest absolute Gasteiger partial charge is 0.493 e. The quantitative estimate of drug-likeness (QED) is 0.826. The first-order valence-electron chi connectivity index (χ1n) is 5.26. The summed E-state index contributed by atoms with van der Waals surface area (Å²) in [6.07, 6.45) is -0.900. The van der Waals surface area contributed by atoms with E-state index in [0.29, 0.717) is 5.56 Å². The molecule has 0 aromatic heterocycles. The fourth-order valence-corrected chi connectivity index (χ4v) is 1.56. The number of halogens is 1. The molecular weight excluding hydrogens is 209 g/mol. The van der Waals surface area contributed by atoms with Gasteiger partial charge in [-0.15, -0.1) is 0 Å². The van der Waals surface area contributed by atoms with Gasteiger partial charge in [0.1, 0.15) is 0 Å². The third-order valence-corrected chi connectivity index (χ3v) is 2.55. The van der Waals surface area contributed by atoms with Gasteiger partial charge in [0.25, 0.3) is 0 Å². The van der Waals surface area contributed by atoms with Crippen molar-refractivity contribution < 1.29 is 14.2 Å². The van der Waals surface area contributed by atoms with Gasteiger partial charge in [-0.2, -0.15) is 0 Å². The molecule has 0 saturated carbocycles. The van der Waals surface area contributed by atoms with E-state index in [9.17, 15) is 9.50 Å². The van der Waals surface area contributed by atoms with Gasteiger partial charge < -0.3 is 15.6 Å². The Balaban J connectivity index is 3.30. The zero-order valence-corrected chi connectivity index (χ0v) is 9.83. The summed E-state index contributed by atoms with van der Waals surface area (Å²) in [6.45, 7) is 3.96. The molecular formula is C12H18FNO2. The normalized spacial score (nSPS) is 12.9. The Labute approximate surface area is 95.0 Å². The van der Waals surface area contributed by atoms with Crippen LogP contribution in [0, 0.1) is 5.82 Å². The lowest BCUT2D eigenvalue weighted by molar-refractivity contribution is 0.180. The molecule has 1 aromatic carbocycles. The van der Waals surface area contributed by atoms with Gasteiger partial charge in [0, 0.05) is 12.1 Å². The van der Waals surface area contributed by atoms with E-state index >= 15 is 0 Å². The van der Waals surface area contributed by atoms with Gasteiger partial charge >= 0.3 is 0 Å². The lowest BCUT2D eigenvalue weighted by Crippen LogP contribution is -2.14. The molecule has 0 heterocycles. The summed E-state index contributed by atoms with van der Waals surface area (Å²) in [5.41, 5.74) is 6.61. The Kier molecular flexibility index (Phi) is 4.26. The highest BCUT2D eigenvalue weighted by Crippen LogP contribution is 2.31. The number of rotatable bonds is 4. The van der Waals surface area contributed by atoms with Crippen molar-refractivity contribution in [3.63, 3.8) is 0 Å². The standard InChI is InChI=1S/C12H18FNO2/c1-7(2)8-4-9(11(15)6-14)12(16-3)10(13)5-8/h4-5,7,11,15H,6,14H2,1-3H3. The number of nitrogens with two attached hydrogens (primary N) is 1. The molecule has 0 saturated heterocycles. The summed E-state index contributed by atoms with van der Waals surface area (Å²) < 4.78 is 18.6. The van der Waals surface area contributed by atoms with Crippen LogP contribution in [0.2, 0.25) is 0 Å². The van der Waals surface area contributed by atoms with Crippen LogP contribution in [0.5, 0.6) is 5.75 Å². The van der Waals surface area contributed by atoms with Crippen molar-refractivity contribution >= 4 is 0 Å². The molecule has 0 fully saturated rings. The smallest absolute Gasteiger partial charge is 0.165 e. The molecule has 1 atom stereocenters. The number of aliphatic hydroxyl groups is 1. The number of aliphatic hydroxyl groups excluding tert-OH is 1. The third-order valence-electron chi connectivity index (χ3n) is 2.55. The molecule has 0 aliphatic rings. The van der Waals surface area contributed by atoms with Crippen LogP contribution >= 0.6 is 0 Å². The van der Waals surface area contributed by atoms with Gasteiger partial charge in [-0.05, 0) is 23.6 Å². The zero-order chi connectivity index (χ0) is 12.3. The van der Waals surface area contributed by atoms with Crippen LogP contribution in [0.4, 0.5) is 4.39 Å². The average molecular weight is 227 g/mol. The zero-order valence-electron chi connectivity index (χ0n) is 9.83. The highest BCUT2D eigenvalue weighted by molar-refractivity contribution is 5.41. The van der Waals surface area contributed by atoms with Crippen molar-refractivity contribution in [2.24, 2.45) is 5.73 Å². The van der Waals surface area contributed by atoms with Crippen molar-refractivity contribution in [3.05, 3.63) is 29.1 Å². The lowest BCUT2D eigenvalue weighted by Gasteiger charge is -2.17. The first-order valence-corrected chi connectivity index (χ1v) is 5.26. The highest BCUT2D eigenvalue weighted by atomic mass is 19.1. The van der Waals surface area contributed by atoms with Gasteiger partial charge in [0.15, 0.2) is 11.6 Å². The summed E-state index contributed by atoms with van der Waals surface area (Å²) in [5, 5.41) is 9.70. The minimum Gasteiger partial charge on any atom is -0.493 e. The van der Waals surface area contributed by atoms with Crippen LogP contribution in [0.25, 0.3) is 0 Å². The second-order valence-electron chi connectivity index (χ2n) is 4.03. The Morgan fingerprint density at radius 1 is 1.44 bits per heavy atom. The van der Waals surface area contributed by atoms with E-state index in [1.807, 2.05) is 13.8 Å². The van der Waals surface area contributed by atoms with E-state index in [2.05, 4.69) is 0 Å². The first-order chi connectivity index (χ1) is 7.51. The maximum Gasteiger partial charge on any atom is 0.165 e. The average Bonchev–Trinajstić information content (AvgIpc) is 2.26. The van der Waals surface area contributed by atoms with Gasteiger partial charge in [-0.25, -0.2) is 4.39 Å². The van der Waals surface area contributed by atoms with Crippen LogP contribution in [-0.2, 0) is 0 Å². The summed E-state index contributed by atoms with van der Waals surface area (Å²) >= 11 is 0. The van der Waals surface area contributed by atoms with E-state index in [0.717, 1.165) is 5.56 Å². The minimum atomic E-state index is -0.900. The van der Waals surface area contributed by atoms with E-state index < -0.39 is 11.9 Å². The van der Waals surface area contributed by atoms with Crippen LogP contribution in [0.3, 0.4) is 0 Å². The molecule has 1 rings (SSSR count). The molecule has 0 spiro atoms. The molecule has 0 aliphatic heterocycles. The van der Waals surface area contributed by atoms with Crippen LogP contribution in [-0.4, -0.2) is 18.8 Å². The number of benzene rings is 1. The number of methoxy groups -OCH3 is 1. The predicted molar refractivity (Wildman–Crippen MR) is 61.1 cm³/mol. The Hall–Kier alpha value is -1.13. The molecule has 3 N–H and O–H groups in total. The van der Waals surface area contributed by atoms with Gasteiger partial charge in [0.05, 0.1) is 13.2 Å². The summed E-state index contributed by atoms with van der Waals surface area (Å²) in [4.78, 5) is 0. The molecule has 1 aromatic rings. The van der Waals surface area contributed by atoms with Crippen LogP contribution in [0.1, 0.15) is 37.0 Å². The monoisotopic (exact) mass is 227 g/mol. The van der Waals surface area contributed by atoms with Crippen molar-refractivity contribution in [3.8, 4) is 5.75 Å². The second-order valence-corrected chi connectivity index (χ2v) is 4.03. The number of hydrogen-bond donors (Lipinski definition) is 2. The van der Waals surface area contributed by atoms with Crippen molar-refractivity contribution in [2.45, 2.75) is 25.9 Å². The van der Waals surface area contributed by atoms with Crippen molar-refractivity contribution in [1.82, 2.24) is 0 Å². The molecule has 0 aliphatic carbocycles. The van der Waals surface area contributed by atoms with E-state index in [4.69, 9.17) is 10.5 Å². The molecule has 90 valence electrons. The molecule has 0 radical (unpaired) electrons. The van der Waals surface area contributed by atoms with Crippen molar-refractivity contribution in [1.29, 1.82) is 0 Å². The maximum absolute atomic E-state index is 13.7. The van der Waals surface area contributed by atoms with Gasteiger partial charge in [0.2, 0.25) is 0 Å². The molecule has 16 heavy (non-hydrogen) atoms. The molecule has 0 amide bonds. The Morgan fingerprint density at radius 3 is 2.50 bits per heavy atom. The topological polar surface area (TPSA) is 55.5 Å². The van der Waals surface area contributed by atoms with Crippen LogP contribution in [0.15, 0.2) is 12.1 Å². The van der Waals surface area contributed by atoms with Crippen LogP contribution < -0.4 is 10.5 Å². The molecule has 1 unspecified atom stereocenters. The summed E-state index contributed by atoms with van der Waals surface area (Å²) in [7, 11) is 1.38. The second kappa shape index (κ2) is 5.27. The minimum absolute atomic E-state index is 0.0390.